The zero-order valence-electron chi connectivity index (χ0n) is 11.8. The van der Waals surface area contributed by atoms with Crippen LogP contribution in [0.4, 0.5) is 0 Å². The molecule has 2 rings (SSSR count). The number of carboxylic acids is 1. The van der Waals surface area contributed by atoms with Crippen LogP contribution in [0.3, 0.4) is 0 Å². The highest BCUT2D eigenvalue weighted by atomic mass is 35.5. The van der Waals surface area contributed by atoms with E-state index in [1.165, 1.54) is 6.08 Å². The van der Waals surface area contributed by atoms with Gasteiger partial charge in [-0.3, -0.25) is 0 Å². The Morgan fingerprint density at radius 3 is 2.43 bits per heavy atom. The van der Waals surface area contributed by atoms with Crippen LogP contribution in [0.25, 0.3) is 6.08 Å². The van der Waals surface area contributed by atoms with Crippen LogP contribution in [0.15, 0.2) is 42.5 Å². The van der Waals surface area contributed by atoms with Gasteiger partial charge in [-0.2, -0.15) is 0 Å². The van der Waals surface area contributed by atoms with Gasteiger partial charge in [-0.1, -0.05) is 29.8 Å². The number of para-hydroxylation sites is 1. The zero-order valence-corrected chi connectivity index (χ0v) is 12.5. The molecular weight excluding hydrogens is 288 g/mol. The standard InChI is InChI=1S/C17H15ClO3/c1-11-9-14(10-12(2)17(11)18)21-15-6-4-3-5-13(15)7-8-16(19)20/h3-10H,1-2H3,(H,19,20)/b8-7+. The van der Waals surface area contributed by atoms with Crippen LogP contribution in [0, 0.1) is 13.8 Å². The fourth-order valence-electron chi connectivity index (χ4n) is 1.96. The monoisotopic (exact) mass is 302 g/mol. The smallest absolute Gasteiger partial charge is 0.328 e. The Balaban J connectivity index is 2.34. The van der Waals surface area contributed by atoms with Gasteiger partial charge in [-0.25, -0.2) is 4.79 Å². The molecular formula is C17H15ClO3. The lowest BCUT2D eigenvalue weighted by Gasteiger charge is -2.11. The maximum absolute atomic E-state index is 10.6. The average Bonchev–Trinajstić information content (AvgIpc) is 2.43. The summed E-state index contributed by atoms with van der Waals surface area (Å²) in [5.74, 6) is 0.268. The van der Waals surface area contributed by atoms with Crippen LogP contribution in [0.5, 0.6) is 11.5 Å². The molecule has 21 heavy (non-hydrogen) atoms. The zero-order chi connectivity index (χ0) is 15.4. The molecule has 0 radical (unpaired) electrons. The SMILES string of the molecule is Cc1cc(Oc2ccccc2/C=C/C(=O)O)cc(C)c1Cl. The lowest BCUT2D eigenvalue weighted by atomic mass is 10.1. The number of aliphatic carboxylic acids is 1. The molecule has 0 aromatic heterocycles. The molecule has 2 aromatic rings. The summed E-state index contributed by atoms with van der Waals surface area (Å²) in [5.41, 5.74) is 2.57. The van der Waals surface area contributed by atoms with E-state index in [1.54, 1.807) is 12.1 Å². The minimum Gasteiger partial charge on any atom is -0.478 e. The molecule has 0 amide bonds. The van der Waals surface area contributed by atoms with Crippen molar-refractivity contribution < 1.29 is 14.6 Å². The van der Waals surface area contributed by atoms with Crippen LogP contribution in [0.1, 0.15) is 16.7 Å². The van der Waals surface area contributed by atoms with E-state index in [1.807, 2.05) is 38.1 Å². The van der Waals surface area contributed by atoms with Crippen molar-refractivity contribution in [1.82, 2.24) is 0 Å². The Hall–Kier alpha value is -2.26. The number of benzene rings is 2. The summed E-state index contributed by atoms with van der Waals surface area (Å²) in [6.07, 6.45) is 2.59. The van der Waals surface area contributed by atoms with Crippen LogP contribution in [-0.4, -0.2) is 11.1 Å². The Morgan fingerprint density at radius 2 is 1.81 bits per heavy atom. The minimum absolute atomic E-state index is 0.594. The summed E-state index contributed by atoms with van der Waals surface area (Å²) in [6, 6.07) is 11.0. The minimum atomic E-state index is -0.997. The molecule has 0 spiro atoms. The molecule has 0 aliphatic heterocycles. The van der Waals surface area contributed by atoms with Gasteiger partial charge in [-0.15, -0.1) is 0 Å². The number of ether oxygens (including phenoxy) is 1. The van der Waals surface area contributed by atoms with Crippen LogP contribution in [-0.2, 0) is 4.79 Å². The van der Waals surface area contributed by atoms with E-state index in [9.17, 15) is 4.79 Å². The topological polar surface area (TPSA) is 46.5 Å². The van der Waals surface area contributed by atoms with Crippen LogP contribution in [0.2, 0.25) is 5.02 Å². The average molecular weight is 303 g/mol. The van der Waals surface area contributed by atoms with Crippen LogP contribution < -0.4 is 4.74 Å². The third-order valence-electron chi connectivity index (χ3n) is 2.96. The van der Waals surface area contributed by atoms with E-state index in [4.69, 9.17) is 21.4 Å². The predicted octanol–water partition coefficient (Wildman–Crippen LogP) is 4.85. The maximum Gasteiger partial charge on any atom is 0.328 e. The lowest BCUT2D eigenvalue weighted by Crippen LogP contribution is -1.91. The number of hydrogen-bond acceptors (Lipinski definition) is 2. The van der Waals surface area contributed by atoms with E-state index in [2.05, 4.69) is 0 Å². The number of aryl methyl sites for hydroxylation is 2. The third-order valence-corrected chi connectivity index (χ3v) is 3.56. The number of carboxylic acid groups (broad SMARTS) is 1. The van der Waals surface area contributed by atoms with Gasteiger partial charge in [0.1, 0.15) is 11.5 Å². The molecule has 0 heterocycles. The van der Waals surface area contributed by atoms with Crippen molar-refractivity contribution in [1.29, 1.82) is 0 Å². The molecule has 0 bridgehead atoms. The van der Waals surface area contributed by atoms with Gasteiger partial charge >= 0.3 is 5.97 Å². The van der Waals surface area contributed by atoms with E-state index in [0.29, 0.717) is 17.1 Å². The Kier molecular flexibility index (Phi) is 4.66. The highest BCUT2D eigenvalue weighted by molar-refractivity contribution is 6.32. The van der Waals surface area contributed by atoms with Crippen molar-refractivity contribution in [3.63, 3.8) is 0 Å². The van der Waals surface area contributed by atoms with Crippen LogP contribution >= 0.6 is 11.6 Å². The van der Waals surface area contributed by atoms with Gasteiger partial charge in [0.15, 0.2) is 0 Å². The van der Waals surface area contributed by atoms with E-state index >= 15 is 0 Å². The third kappa shape index (κ3) is 3.86. The number of carbonyl (C=O) groups is 1. The number of rotatable bonds is 4. The summed E-state index contributed by atoms with van der Waals surface area (Å²) in [6.45, 7) is 3.83. The Labute approximate surface area is 128 Å². The van der Waals surface area contributed by atoms with E-state index < -0.39 is 5.97 Å². The van der Waals surface area contributed by atoms with Gasteiger partial charge in [0.05, 0.1) is 0 Å². The quantitative estimate of drug-likeness (QED) is 0.821. The first kappa shape index (κ1) is 15.1. The molecule has 1 N–H and O–H groups in total. The van der Waals surface area contributed by atoms with E-state index in [-0.39, 0.29) is 0 Å². The van der Waals surface area contributed by atoms with Gasteiger partial charge in [0.2, 0.25) is 0 Å². The molecule has 0 saturated carbocycles. The number of halogens is 1. The summed E-state index contributed by atoms with van der Waals surface area (Å²) in [4.78, 5) is 10.6. The van der Waals surface area contributed by atoms with Crippen molar-refractivity contribution in [3.8, 4) is 11.5 Å². The predicted molar refractivity (Wildman–Crippen MR) is 84.1 cm³/mol. The van der Waals surface area contributed by atoms with Gasteiger partial charge in [0.25, 0.3) is 0 Å². The first-order valence-corrected chi connectivity index (χ1v) is 6.80. The molecule has 3 nitrogen and oxygen atoms in total. The largest absolute Gasteiger partial charge is 0.478 e. The molecule has 0 aliphatic rings. The molecule has 0 saturated heterocycles. The second kappa shape index (κ2) is 6.46. The van der Waals surface area contributed by atoms with Gasteiger partial charge < -0.3 is 9.84 Å². The second-order valence-corrected chi connectivity index (χ2v) is 5.06. The Morgan fingerprint density at radius 1 is 1.19 bits per heavy atom. The molecule has 0 aliphatic carbocycles. The molecule has 0 unspecified atom stereocenters. The van der Waals surface area contributed by atoms with Gasteiger partial charge in [0, 0.05) is 16.7 Å². The summed E-state index contributed by atoms with van der Waals surface area (Å²) in [5, 5.41) is 9.44. The molecule has 2 aromatic carbocycles. The molecule has 0 fully saturated rings. The first-order valence-electron chi connectivity index (χ1n) is 6.42. The first-order chi connectivity index (χ1) is 9.97. The van der Waals surface area contributed by atoms with Crippen molar-refractivity contribution in [2.45, 2.75) is 13.8 Å². The second-order valence-electron chi connectivity index (χ2n) is 4.68. The van der Waals surface area contributed by atoms with Gasteiger partial charge in [-0.05, 0) is 49.2 Å². The summed E-state index contributed by atoms with van der Waals surface area (Å²) >= 11 is 6.14. The molecule has 0 atom stereocenters. The lowest BCUT2D eigenvalue weighted by molar-refractivity contribution is -0.131. The summed E-state index contributed by atoms with van der Waals surface area (Å²) in [7, 11) is 0. The van der Waals surface area contributed by atoms with E-state index in [0.717, 1.165) is 22.2 Å². The van der Waals surface area contributed by atoms with Crippen molar-refractivity contribution in [3.05, 3.63) is 64.2 Å². The maximum atomic E-state index is 10.6. The Bertz CT molecular complexity index is 682. The fraction of sp³-hybridized carbons (Fsp3) is 0.118. The van der Waals surface area contributed by atoms with Crippen molar-refractivity contribution in [2.24, 2.45) is 0 Å². The number of hydrogen-bond donors (Lipinski definition) is 1. The highest BCUT2D eigenvalue weighted by Crippen LogP contribution is 2.31. The van der Waals surface area contributed by atoms with Crippen molar-refractivity contribution >= 4 is 23.6 Å². The normalized spacial score (nSPS) is 10.8. The molecule has 4 heteroatoms. The summed E-state index contributed by atoms with van der Waals surface area (Å²) < 4.78 is 5.86. The molecule has 108 valence electrons. The fourth-order valence-corrected chi connectivity index (χ4v) is 2.07. The van der Waals surface area contributed by atoms with Crippen molar-refractivity contribution in [2.75, 3.05) is 0 Å². The highest BCUT2D eigenvalue weighted by Gasteiger charge is 2.06.